The Morgan fingerprint density at radius 3 is 1.36 bits per heavy atom. The Labute approximate surface area is 137 Å². The van der Waals surface area contributed by atoms with Crippen LogP contribution in [0, 0.1) is 0 Å². The Hall–Kier alpha value is -2.43. The van der Waals surface area contributed by atoms with Gasteiger partial charge in [0, 0.05) is 0 Å². The molecule has 0 radical (unpaired) electrons. The second-order valence-corrected chi connectivity index (χ2v) is 6.50. The molecule has 2 rings (SSSR count). The zero-order chi connectivity index (χ0) is 18.9. The molecule has 0 saturated heterocycles. The molecule has 4 nitrogen and oxygen atoms in total. The number of rotatable bonds is 4. The van der Waals surface area contributed by atoms with Crippen molar-refractivity contribution in [3.8, 4) is 11.5 Å². The monoisotopic (exact) mass is 386 g/mol. The van der Waals surface area contributed by atoms with Gasteiger partial charge in [0.2, 0.25) is 9.84 Å². The molecule has 0 N–H and O–H groups in total. The highest BCUT2D eigenvalue weighted by atomic mass is 32.2. The molecule has 0 aliphatic rings. The number of benzene rings is 2. The molecular formula is C14H8F6O4S. The zero-order valence-electron chi connectivity index (χ0n) is 11.9. The Balaban J connectivity index is 2.39. The average Bonchev–Trinajstić information content (AvgIpc) is 2.44. The largest absolute Gasteiger partial charge is 0.573 e. The summed E-state index contributed by atoms with van der Waals surface area (Å²) >= 11 is 0. The zero-order valence-corrected chi connectivity index (χ0v) is 12.7. The Bertz CT molecular complexity index is 793. The highest BCUT2D eigenvalue weighted by molar-refractivity contribution is 7.91. The molecule has 0 amide bonds. The molecule has 0 aliphatic carbocycles. The van der Waals surface area contributed by atoms with Gasteiger partial charge in [-0.2, -0.15) is 0 Å². The predicted octanol–water partition coefficient (Wildman–Crippen LogP) is 4.32. The lowest BCUT2D eigenvalue weighted by atomic mass is 10.3. The number of alkyl halides is 6. The van der Waals surface area contributed by atoms with Gasteiger partial charge in [-0.3, -0.25) is 0 Å². The fourth-order valence-electron chi connectivity index (χ4n) is 1.81. The van der Waals surface area contributed by atoms with Crippen LogP contribution in [0.25, 0.3) is 0 Å². The van der Waals surface area contributed by atoms with Gasteiger partial charge in [-0.1, -0.05) is 12.1 Å². The van der Waals surface area contributed by atoms with Crippen molar-refractivity contribution in [2.24, 2.45) is 0 Å². The molecule has 0 unspecified atom stereocenters. The van der Waals surface area contributed by atoms with E-state index in [1.54, 1.807) is 0 Å². The van der Waals surface area contributed by atoms with E-state index in [1.165, 1.54) is 0 Å². The van der Waals surface area contributed by atoms with Crippen molar-refractivity contribution in [3.05, 3.63) is 48.5 Å². The van der Waals surface area contributed by atoms with Gasteiger partial charge in [0.25, 0.3) is 0 Å². The van der Waals surface area contributed by atoms with E-state index in [9.17, 15) is 34.8 Å². The number of sulfone groups is 1. The van der Waals surface area contributed by atoms with Crippen LogP contribution >= 0.6 is 0 Å². The van der Waals surface area contributed by atoms with E-state index in [4.69, 9.17) is 0 Å². The number of hydrogen-bond acceptors (Lipinski definition) is 4. The molecule has 11 heteroatoms. The predicted molar refractivity (Wildman–Crippen MR) is 71.7 cm³/mol. The van der Waals surface area contributed by atoms with Crippen molar-refractivity contribution in [2.75, 3.05) is 0 Å². The van der Waals surface area contributed by atoms with Gasteiger partial charge >= 0.3 is 12.7 Å². The first-order valence-electron chi connectivity index (χ1n) is 6.33. The maximum atomic E-state index is 12.4. The molecular weight excluding hydrogens is 378 g/mol. The van der Waals surface area contributed by atoms with E-state index in [1.807, 2.05) is 0 Å². The van der Waals surface area contributed by atoms with Crippen LogP contribution in [-0.4, -0.2) is 21.1 Å². The fourth-order valence-corrected chi connectivity index (χ4v) is 3.14. The summed E-state index contributed by atoms with van der Waals surface area (Å²) in [6.45, 7) is 0. The maximum absolute atomic E-state index is 12.4. The minimum absolute atomic E-state index is 0.585. The van der Waals surface area contributed by atoms with Crippen LogP contribution in [0.2, 0.25) is 0 Å². The van der Waals surface area contributed by atoms with E-state index in [0.29, 0.717) is 12.1 Å². The van der Waals surface area contributed by atoms with E-state index in [2.05, 4.69) is 9.47 Å². The molecule has 0 atom stereocenters. The Morgan fingerprint density at radius 2 is 1.04 bits per heavy atom. The van der Waals surface area contributed by atoms with Gasteiger partial charge in [-0.15, -0.1) is 26.3 Å². The van der Waals surface area contributed by atoms with Crippen LogP contribution in [0.15, 0.2) is 58.3 Å². The van der Waals surface area contributed by atoms with Crippen molar-refractivity contribution in [2.45, 2.75) is 22.5 Å². The van der Waals surface area contributed by atoms with Gasteiger partial charge in [-0.05, 0) is 36.4 Å². The second kappa shape index (κ2) is 6.47. The topological polar surface area (TPSA) is 52.6 Å². The lowest BCUT2D eigenvalue weighted by Crippen LogP contribution is -2.17. The van der Waals surface area contributed by atoms with E-state index < -0.39 is 43.9 Å². The summed E-state index contributed by atoms with van der Waals surface area (Å²) in [4.78, 5) is -1.17. The van der Waals surface area contributed by atoms with Crippen LogP contribution in [0.3, 0.4) is 0 Å². The third kappa shape index (κ3) is 5.28. The van der Waals surface area contributed by atoms with Crippen LogP contribution in [0.1, 0.15) is 0 Å². The van der Waals surface area contributed by atoms with Crippen molar-refractivity contribution in [3.63, 3.8) is 0 Å². The molecule has 0 aromatic heterocycles. The average molecular weight is 386 g/mol. The van der Waals surface area contributed by atoms with Gasteiger partial charge in [0.05, 0.1) is 9.79 Å². The molecule has 2 aromatic carbocycles. The quantitative estimate of drug-likeness (QED) is 0.735. The second-order valence-electron chi connectivity index (χ2n) is 4.55. The normalized spacial score (nSPS) is 12.7. The molecule has 136 valence electrons. The third-order valence-corrected chi connectivity index (χ3v) is 4.45. The van der Waals surface area contributed by atoms with Crippen LogP contribution in [0.5, 0.6) is 11.5 Å². The summed E-state index contributed by atoms with van der Waals surface area (Å²) < 4.78 is 105. The van der Waals surface area contributed by atoms with Crippen LogP contribution in [0.4, 0.5) is 26.3 Å². The van der Waals surface area contributed by atoms with E-state index in [0.717, 1.165) is 36.4 Å². The first-order chi connectivity index (χ1) is 11.4. The van der Waals surface area contributed by atoms with Gasteiger partial charge in [0.1, 0.15) is 11.5 Å². The summed E-state index contributed by atoms with van der Waals surface area (Å²) in [5, 5.41) is 0. The van der Waals surface area contributed by atoms with Gasteiger partial charge in [0.15, 0.2) is 0 Å². The maximum Gasteiger partial charge on any atom is 0.573 e. The summed E-state index contributed by atoms with van der Waals surface area (Å²) in [7, 11) is -4.39. The minimum Gasteiger partial charge on any atom is -0.406 e. The van der Waals surface area contributed by atoms with Crippen molar-refractivity contribution in [1.82, 2.24) is 0 Å². The highest BCUT2D eigenvalue weighted by Crippen LogP contribution is 2.30. The standard InChI is InChI=1S/C14H8F6O4S/c15-13(16,17)23-9-3-1-5-11(7-9)25(21,22)12-6-2-4-10(8-12)24-14(18,19)20/h1-8H. The molecule has 0 aliphatic heterocycles. The lowest BCUT2D eigenvalue weighted by molar-refractivity contribution is -0.275. The van der Waals surface area contributed by atoms with Crippen LogP contribution < -0.4 is 9.47 Å². The number of halogens is 6. The lowest BCUT2D eigenvalue weighted by Gasteiger charge is -2.12. The number of ether oxygens (including phenoxy) is 2. The smallest absolute Gasteiger partial charge is 0.406 e. The van der Waals surface area contributed by atoms with Crippen LogP contribution in [-0.2, 0) is 9.84 Å². The summed E-state index contributed by atoms with van der Waals surface area (Å²) in [5.41, 5.74) is 0. The number of hydrogen-bond donors (Lipinski definition) is 0. The fraction of sp³-hybridized carbons (Fsp3) is 0.143. The molecule has 0 saturated carbocycles. The minimum atomic E-state index is -5.02. The Kier molecular flexibility index (Phi) is 4.89. The summed E-state index contributed by atoms with van der Waals surface area (Å²) in [5.74, 6) is -1.56. The van der Waals surface area contributed by atoms with E-state index in [-0.39, 0.29) is 0 Å². The molecule has 0 heterocycles. The molecule has 25 heavy (non-hydrogen) atoms. The first kappa shape index (κ1) is 18.9. The van der Waals surface area contributed by atoms with Gasteiger partial charge < -0.3 is 9.47 Å². The summed E-state index contributed by atoms with van der Waals surface area (Å²) in [6.07, 6.45) is -10.0. The van der Waals surface area contributed by atoms with E-state index >= 15 is 0 Å². The summed E-state index contributed by atoms with van der Waals surface area (Å²) in [6, 6.07) is 6.96. The van der Waals surface area contributed by atoms with Crippen molar-refractivity contribution < 1.29 is 44.2 Å². The molecule has 0 bridgehead atoms. The molecule has 2 aromatic rings. The SMILES string of the molecule is O=S(=O)(c1cccc(OC(F)(F)F)c1)c1cccc(OC(F)(F)F)c1. The van der Waals surface area contributed by atoms with Crippen molar-refractivity contribution >= 4 is 9.84 Å². The molecule has 0 spiro atoms. The Morgan fingerprint density at radius 1 is 0.680 bits per heavy atom. The van der Waals surface area contributed by atoms with Crippen molar-refractivity contribution in [1.29, 1.82) is 0 Å². The van der Waals surface area contributed by atoms with Gasteiger partial charge in [-0.25, -0.2) is 8.42 Å². The third-order valence-electron chi connectivity index (χ3n) is 2.70. The molecule has 0 fully saturated rings. The first-order valence-corrected chi connectivity index (χ1v) is 7.82. The highest BCUT2D eigenvalue weighted by Gasteiger charge is 2.33.